The van der Waals surface area contributed by atoms with Gasteiger partial charge < -0.3 is 9.47 Å². The van der Waals surface area contributed by atoms with Crippen molar-refractivity contribution in [2.24, 2.45) is 0 Å². The van der Waals surface area contributed by atoms with Gasteiger partial charge in [0.05, 0.1) is 25.7 Å². The second kappa shape index (κ2) is 18.7. The third-order valence-electron chi connectivity index (χ3n) is 6.60. The minimum Gasteiger partial charge on any atom is -0.468 e. The number of methoxy groups -OCH3 is 2. The first-order valence-electron chi connectivity index (χ1n) is 14.1. The normalized spacial score (nSPS) is 11.0. The minimum atomic E-state index is -4.94. The highest BCUT2D eigenvalue weighted by atomic mass is 35.7. The number of amides is 1. The molecule has 0 unspecified atom stereocenters. The van der Waals surface area contributed by atoms with Crippen LogP contribution in [0.5, 0.6) is 0 Å². The first-order chi connectivity index (χ1) is 22.9. The predicted octanol–water partition coefficient (Wildman–Crippen LogP) is 0.902. The quantitative estimate of drug-likeness (QED) is 0.162. The average Bonchev–Trinajstić information content (AvgIpc) is 3.09. The number of ether oxygens (including phenoxy) is 2. The van der Waals surface area contributed by atoms with Crippen LogP contribution in [-0.2, 0) is 19.1 Å². The molecule has 4 rings (SSSR count). The molecule has 0 spiro atoms. The molecule has 0 aliphatic carbocycles. The summed E-state index contributed by atoms with van der Waals surface area (Å²) in [6, 6.07) is 37.6. The maximum Gasteiger partial charge on any atom is 0.316 e. The molecule has 0 bridgehead atoms. The number of halogens is 1. The van der Waals surface area contributed by atoms with Gasteiger partial charge in [-0.2, -0.15) is 0 Å². The minimum absolute atomic E-state index is 0.0116. The molecule has 1 amide bonds. The first-order valence-corrected chi connectivity index (χ1v) is 19.1. The SMILES string of the molecule is COC(=O)CSC(SCC(=O)OC)=C(NC(=O)c1ccc(C)cc1)[P+](c1ccccc1)(c1ccccc1)c1ccccc1.[O-][Cl+3]([O-])([O-])[O-]. The van der Waals surface area contributed by atoms with Gasteiger partial charge in [0.2, 0.25) is 0 Å². The molecule has 0 aliphatic heterocycles. The molecule has 14 heteroatoms. The molecule has 48 heavy (non-hydrogen) atoms. The average molecular weight is 730 g/mol. The Hall–Kier alpha value is -3.71. The summed E-state index contributed by atoms with van der Waals surface area (Å²) in [7, 11) is -5.11. The summed E-state index contributed by atoms with van der Waals surface area (Å²) < 4.78 is 44.5. The van der Waals surface area contributed by atoms with E-state index in [0.29, 0.717) is 15.2 Å². The van der Waals surface area contributed by atoms with Crippen LogP contribution in [0.15, 0.2) is 125 Å². The fourth-order valence-corrected chi connectivity index (χ4v) is 11.6. The topological polar surface area (TPSA) is 174 Å². The molecule has 0 fully saturated rings. The molecule has 0 aliphatic rings. The van der Waals surface area contributed by atoms with Gasteiger partial charge in [-0.05, 0) is 55.5 Å². The lowest BCUT2D eigenvalue weighted by atomic mass is 10.1. The molecule has 0 saturated carbocycles. The molecule has 1 N–H and O–H groups in total. The van der Waals surface area contributed by atoms with Crippen molar-refractivity contribution in [2.45, 2.75) is 6.92 Å². The summed E-state index contributed by atoms with van der Waals surface area (Å²) in [6.07, 6.45) is 0. The Labute approximate surface area is 290 Å². The maximum absolute atomic E-state index is 14.1. The Morgan fingerprint density at radius 2 is 1.00 bits per heavy atom. The van der Waals surface area contributed by atoms with Crippen LogP contribution in [0, 0.1) is 17.2 Å². The standard InChI is InChI=1S/C34H32NO5PS2.ClHO4/c1-25-19-21-26(22-20-25)32(38)35-33(34(42-23-30(36)39-2)43-24-31(37)40-3)41(27-13-7-4-8-14-27,28-15-9-5-10-16-28)29-17-11-6-12-18-29;2-1(3,4)5/h4-22H,23-24H2,1-3H3;(H,2,3,4,5). The number of rotatable bonds is 12. The lowest BCUT2D eigenvalue weighted by Gasteiger charge is -2.31. The number of carbonyl (C=O) groups excluding carboxylic acids is 3. The lowest BCUT2D eigenvalue weighted by molar-refractivity contribution is -2.00. The van der Waals surface area contributed by atoms with Gasteiger partial charge in [-0.3, -0.25) is 19.7 Å². The summed E-state index contributed by atoms with van der Waals surface area (Å²) in [5.74, 6) is -1.16. The monoisotopic (exact) mass is 729 g/mol. The van der Waals surface area contributed by atoms with Gasteiger partial charge >= 0.3 is 11.9 Å². The zero-order valence-electron chi connectivity index (χ0n) is 26.2. The van der Waals surface area contributed by atoms with Gasteiger partial charge in [0.1, 0.15) is 20.2 Å². The molecule has 0 heterocycles. The van der Waals surface area contributed by atoms with E-state index in [4.69, 9.17) is 28.1 Å². The molecule has 0 saturated heterocycles. The van der Waals surface area contributed by atoms with E-state index in [0.717, 1.165) is 21.5 Å². The van der Waals surface area contributed by atoms with E-state index in [1.54, 1.807) is 12.1 Å². The first kappa shape index (κ1) is 38.7. The van der Waals surface area contributed by atoms with Crippen LogP contribution in [0.1, 0.15) is 15.9 Å². The third kappa shape index (κ3) is 11.2. The summed E-state index contributed by atoms with van der Waals surface area (Å²) in [6.45, 7) is 1.97. The van der Waals surface area contributed by atoms with Gasteiger partial charge in [0.15, 0.2) is 12.7 Å². The van der Waals surface area contributed by atoms with Gasteiger partial charge in [-0.25, -0.2) is 18.6 Å². The number of nitrogens with one attached hydrogen (secondary N) is 1. The van der Waals surface area contributed by atoms with Crippen LogP contribution in [-0.4, -0.2) is 43.6 Å². The van der Waals surface area contributed by atoms with E-state index in [2.05, 4.69) is 41.7 Å². The van der Waals surface area contributed by atoms with Crippen LogP contribution in [0.25, 0.3) is 0 Å². The van der Waals surface area contributed by atoms with Crippen molar-refractivity contribution in [3.8, 4) is 0 Å². The summed E-state index contributed by atoms with van der Waals surface area (Å²) >= 11 is 2.48. The number of hydrogen-bond acceptors (Lipinski definition) is 11. The molecule has 4 aromatic carbocycles. The van der Waals surface area contributed by atoms with E-state index in [-0.39, 0.29) is 17.4 Å². The smallest absolute Gasteiger partial charge is 0.316 e. The van der Waals surface area contributed by atoms with Gasteiger partial charge in [-0.1, -0.05) is 72.3 Å². The zero-order valence-corrected chi connectivity index (χ0v) is 29.5. The van der Waals surface area contributed by atoms with E-state index >= 15 is 0 Å². The highest BCUT2D eigenvalue weighted by Gasteiger charge is 2.52. The van der Waals surface area contributed by atoms with Crippen LogP contribution in [0.3, 0.4) is 0 Å². The van der Waals surface area contributed by atoms with Gasteiger partial charge in [-0.15, -0.1) is 33.8 Å². The summed E-state index contributed by atoms with van der Waals surface area (Å²) in [5.41, 5.74) is 2.16. The Balaban J connectivity index is 0.00000116. The van der Waals surface area contributed by atoms with Crippen LogP contribution >= 0.6 is 30.8 Å². The lowest BCUT2D eigenvalue weighted by Crippen LogP contribution is -2.68. The molecule has 0 radical (unpaired) electrons. The van der Waals surface area contributed by atoms with Crippen LogP contribution < -0.4 is 39.9 Å². The fraction of sp³-hybridized carbons (Fsp3) is 0.147. The Bertz CT molecular complexity index is 1550. The zero-order chi connectivity index (χ0) is 35.2. The number of carbonyl (C=O) groups is 3. The van der Waals surface area contributed by atoms with E-state index in [1.807, 2.05) is 73.7 Å². The van der Waals surface area contributed by atoms with Crippen molar-refractivity contribution in [1.29, 1.82) is 0 Å². The molecule has 0 aromatic heterocycles. The van der Waals surface area contributed by atoms with E-state index in [9.17, 15) is 14.4 Å². The molecule has 4 aromatic rings. The van der Waals surface area contributed by atoms with Crippen molar-refractivity contribution in [3.63, 3.8) is 0 Å². The molecule has 0 atom stereocenters. The highest BCUT2D eigenvalue weighted by Crippen LogP contribution is 2.64. The van der Waals surface area contributed by atoms with Crippen molar-refractivity contribution in [1.82, 2.24) is 5.32 Å². The van der Waals surface area contributed by atoms with Crippen molar-refractivity contribution < 1.29 is 52.7 Å². The second-order valence-corrected chi connectivity index (χ2v) is 16.1. The summed E-state index contributed by atoms with van der Waals surface area (Å²) in [5, 5.41) is 6.32. The summed E-state index contributed by atoms with van der Waals surface area (Å²) in [4.78, 5) is 38.9. The second-order valence-electron chi connectivity index (χ2n) is 9.74. The van der Waals surface area contributed by atoms with Gasteiger partial charge in [0, 0.05) is 5.56 Å². The number of thioether (sulfide) groups is 2. The maximum atomic E-state index is 14.1. The van der Waals surface area contributed by atoms with Crippen molar-refractivity contribution in [2.75, 3.05) is 25.7 Å². The number of hydrogen-bond donors (Lipinski definition) is 1. The molecular weight excluding hydrogens is 697 g/mol. The van der Waals surface area contributed by atoms with Crippen LogP contribution in [0.2, 0.25) is 0 Å². The van der Waals surface area contributed by atoms with Crippen molar-refractivity contribution in [3.05, 3.63) is 136 Å². The van der Waals surface area contributed by atoms with Crippen LogP contribution in [0.4, 0.5) is 0 Å². The number of benzene rings is 4. The molecule has 10 nitrogen and oxygen atoms in total. The van der Waals surface area contributed by atoms with E-state index < -0.39 is 29.4 Å². The van der Waals surface area contributed by atoms with E-state index in [1.165, 1.54) is 37.7 Å². The molecular formula is C34H33ClNO9PS2. The van der Waals surface area contributed by atoms with Crippen molar-refractivity contribution >= 4 is 64.5 Å². The Morgan fingerprint density at radius 3 is 1.33 bits per heavy atom. The third-order valence-corrected chi connectivity index (χ3v) is 13.5. The highest BCUT2D eigenvalue weighted by molar-refractivity contribution is 8.23. The predicted molar refractivity (Wildman–Crippen MR) is 180 cm³/mol. The Morgan fingerprint density at radius 1 is 0.646 bits per heavy atom. The van der Waals surface area contributed by atoms with Gasteiger partial charge in [0.25, 0.3) is 5.91 Å². The number of esters is 2. The Kier molecular flexibility index (Phi) is 15.1. The number of aryl methyl sites for hydroxylation is 1. The largest absolute Gasteiger partial charge is 0.468 e. The fourth-order valence-electron chi connectivity index (χ4n) is 4.49. The molecule has 252 valence electrons.